The number of aromatic carboxylic acids is 3. The van der Waals surface area contributed by atoms with Gasteiger partial charge in [0, 0.05) is 72.5 Å². The van der Waals surface area contributed by atoms with E-state index in [9.17, 15) is 29.7 Å². The van der Waals surface area contributed by atoms with Crippen molar-refractivity contribution in [3.63, 3.8) is 0 Å². The smallest absolute Gasteiger partial charge is 0.336 e. The Morgan fingerprint density at radius 2 is 0.846 bits per heavy atom. The molecule has 5 N–H and O–H groups in total. The van der Waals surface area contributed by atoms with Gasteiger partial charge in [0.25, 0.3) is 0 Å². The van der Waals surface area contributed by atoms with E-state index in [0.29, 0.717) is 78.2 Å². The number of aromatic amines is 2. The van der Waals surface area contributed by atoms with Crippen molar-refractivity contribution in [1.29, 1.82) is 0 Å². The van der Waals surface area contributed by atoms with Crippen molar-refractivity contribution in [3.8, 4) is 33.4 Å². The van der Waals surface area contributed by atoms with Crippen molar-refractivity contribution in [1.82, 2.24) is 19.9 Å². The molecule has 0 saturated heterocycles. The summed E-state index contributed by atoms with van der Waals surface area (Å²) in [7, 11) is 0. The first-order valence-corrected chi connectivity index (χ1v) is 15.9. The van der Waals surface area contributed by atoms with Crippen molar-refractivity contribution in [2.45, 2.75) is 0 Å². The topological polar surface area (TPSA) is 169 Å². The van der Waals surface area contributed by atoms with E-state index in [4.69, 9.17) is 9.97 Å². The summed E-state index contributed by atoms with van der Waals surface area (Å²) in [6, 6.07) is 29.2. The number of benzene rings is 3. The third-order valence-corrected chi connectivity index (χ3v) is 8.86. The maximum atomic E-state index is 12.6. The predicted molar refractivity (Wildman–Crippen MR) is 196 cm³/mol. The molecule has 8 bridgehead atoms. The van der Waals surface area contributed by atoms with Crippen LogP contribution >= 0.6 is 0 Å². The SMILES string of the molecule is O=C(O)c1ccccc1-c1c2nc(c(-c3ccccc3C(=O)O)c3ccc([nH]3)c(-c3ccccc3C(=O)O)c3nc(cc4ccc1[nH]4)C=C3)C=C2.[Mn]. The quantitative estimate of drug-likeness (QED) is 0.106. The molecular formula is C41H26MnN4O6. The first kappa shape index (κ1) is 33.7. The normalized spacial score (nSPS) is 11.6. The van der Waals surface area contributed by atoms with Gasteiger partial charge in [-0.2, -0.15) is 0 Å². The Morgan fingerprint density at radius 3 is 1.31 bits per heavy atom. The molecule has 253 valence electrons. The van der Waals surface area contributed by atoms with E-state index in [0.717, 1.165) is 0 Å². The van der Waals surface area contributed by atoms with Gasteiger partial charge in [-0.15, -0.1) is 0 Å². The number of hydrogen-bond acceptors (Lipinski definition) is 5. The second-order valence-corrected chi connectivity index (χ2v) is 11.9. The van der Waals surface area contributed by atoms with Crippen molar-refractivity contribution in [2.75, 3.05) is 0 Å². The fourth-order valence-corrected chi connectivity index (χ4v) is 6.65. The van der Waals surface area contributed by atoms with Gasteiger partial charge in [0.15, 0.2) is 0 Å². The van der Waals surface area contributed by atoms with Crippen molar-refractivity contribution in [2.24, 2.45) is 0 Å². The van der Waals surface area contributed by atoms with Crippen LogP contribution < -0.4 is 0 Å². The van der Waals surface area contributed by atoms with Crippen LogP contribution in [0.2, 0.25) is 0 Å². The number of carboxylic acids is 3. The zero-order chi connectivity index (χ0) is 35.2. The molecule has 0 spiro atoms. The van der Waals surface area contributed by atoms with Gasteiger partial charge in [-0.1, -0.05) is 54.6 Å². The molecule has 6 aromatic rings. The number of carbonyl (C=O) groups is 3. The van der Waals surface area contributed by atoms with Gasteiger partial charge in [-0.3, -0.25) is 0 Å². The number of nitrogens with one attached hydrogen (secondary N) is 2. The van der Waals surface area contributed by atoms with Crippen molar-refractivity contribution in [3.05, 3.63) is 143 Å². The Balaban J connectivity index is 0.00000420. The fourth-order valence-electron chi connectivity index (χ4n) is 6.65. The van der Waals surface area contributed by atoms with E-state index in [2.05, 4.69) is 9.97 Å². The summed E-state index contributed by atoms with van der Waals surface area (Å²) in [5, 5.41) is 30.6. The zero-order valence-corrected chi connectivity index (χ0v) is 28.1. The average Bonchev–Trinajstić information content (AvgIpc) is 3.96. The predicted octanol–water partition coefficient (Wildman–Crippen LogP) is 8.75. The summed E-state index contributed by atoms with van der Waals surface area (Å²) in [6.07, 6.45) is 7.20. The maximum absolute atomic E-state index is 12.6. The molecule has 0 amide bonds. The van der Waals surface area contributed by atoms with Crippen LogP contribution in [-0.2, 0) is 17.1 Å². The molecule has 0 saturated carbocycles. The van der Waals surface area contributed by atoms with Crippen molar-refractivity contribution >= 4 is 64.3 Å². The number of carboxylic acid groups (broad SMARTS) is 3. The van der Waals surface area contributed by atoms with Crippen LogP contribution in [0.4, 0.5) is 0 Å². The van der Waals surface area contributed by atoms with Crippen molar-refractivity contribution < 1.29 is 46.8 Å². The van der Waals surface area contributed by atoms with Crippen LogP contribution in [0.25, 0.3) is 79.8 Å². The minimum Gasteiger partial charge on any atom is -0.478 e. The summed E-state index contributed by atoms with van der Waals surface area (Å²) in [4.78, 5) is 54.2. The minimum absolute atomic E-state index is 0. The Kier molecular flexibility index (Phi) is 8.73. The monoisotopic (exact) mass is 725 g/mol. The van der Waals surface area contributed by atoms with Crippen LogP contribution in [0.1, 0.15) is 53.8 Å². The number of fused-ring (bicyclic) bond motifs is 8. The molecule has 5 heterocycles. The molecule has 0 aliphatic carbocycles. The van der Waals surface area contributed by atoms with E-state index in [1.54, 1.807) is 72.8 Å². The maximum Gasteiger partial charge on any atom is 0.336 e. The second-order valence-electron chi connectivity index (χ2n) is 11.9. The summed E-state index contributed by atoms with van der Waals surface area (Å²) >= 11 is 0. The van der Waals surface area contributed by atoms with Crippen LogP contribution in [0, 0.1) is 0 Å². The Bertz CT molecular complexity index is 2650. The summed E-state index contributed by atoms with van der Waals surface area (Å²) < 4.78 is 0. The van der Waals surface area contributed by atoms with E-state index in [1.165, 1.54) is 18.2 Å². The molecular weight excluding hydrogens is 699 g/mol. The second kappa shape index (κ2) is 13.5. The first-order valence-electron chi connectivity index (χ1n) is 15.9. The van der Waals surface area contributed by atoms with Crippen LogP contribution in [-0.4, -0.2) is 53.2 Å². The van der Waals surface area contributed by atoms with Gasteiger partial charge in [-0.25, -0.2) is 24.4 Å². The zero-order valence-electron chi connectivity index (χ0n) is 27.0. The fraction of sp³-hybridized carbons (Fsp3) is 0. The Morgan fingerprint density at radius 1 is 0.462 bits per heavy atom. The van der Waals surface area contributed by atoms with Crippen LogP contribution in [0.3, 0.4) is 0 Å². The number of nitrogens with zero attached hydrogens (tertiary/aromatic N) is 2. The minimum atomic E-state index is -1.13. The first-order chi connectivity index (χ1) is 24.8. The molecule has 1 radical (unpaired) electrons. The van der Waals surface area contributed by atoms with Crippen LogP contribution in [0.15, 0.2) is 103 Å². The third kappa shape index (κ3) is 5.90. The average molecular weight is 726 g/mol. The molecule has 2 aliphatic heterocycles. The number of hydrogen-bond donors (Lipinski definition) is 5. The van der Waals surface area contributed by atoms with Gasteiger partial charge in [0.2, 0.25) is 0 Å². The number of H-pyrrole nitrogens is 2. The van der Waals surface area contributed by atoms with E-state index >= 15 is 0 Å². The molecule has 3 aromatic heterocycles. The summed E-state index contributed by atoms with van der Waals surface area (Å²) in [5.74, 6) is -3.32. The van der Waals surface area contributed by atoms with Gasteiger partial charge in [0.05, 0.1) is 39.5 Å². The molecule has 0 atom stereocenters. The van der Waals surface area contributed by atoms with E-state index in [-0.39, 0.29) is 33.8 Å². The molecule has 3 aromatic carbocycles. The molecule has 2 aliphatic rings. The van der Waals surface area contributed by atoms with Gasteiger partial charge < -0.3 is 25.3 Å². The summed E-state index contributed by atoms with van der Waals surface area (Å²) in [5.41, 5.74) is 7.49. The molecule has 52 heavy (non-hydrogen) atoms. The van der Waals surface area contributed by atoms with Gasteiger partial charge in [0.1, 0.15) is 0 Å². The molecule has 0 fully saturated rings. The summed E-state index contributed by atoms with van der Waals surface area (Å²) in [6.45, 7) is 0. The Labute approximate surface area is 306 Å². The molecule has 8 rings (SSSR count). The van der Waals surface area contributed by atoms with E-state index < -0.39 is 17.9 Å². The largest absolute Gasteiger partial charge is 0.478 e. The van der Waals surface area contributed by atoms with Gasteiger partial charge >= 0.3 is 17.9 Å². The number of aromatic nitrogens is 4. The standard InChI is InChI=1S/C41H26N4O6.Mn/c46-39(47)27-10-4-1-7-24(27)36-30-15-13-22(42-30)21-23-14-16-31(43-23)37(25-8-2-5-11-28(25)40(48)49)33-18-20-35(45-33)38(34-19-17-32(36)44-34)26-9-3-6-12-29(26)41(50)51;/h1-21,42,45H,(H,46,47)(H,48,49)(H,50,51);. The van der Waals surface area contributed by atoms with Crippen LogP contribution in [0.5, 0.6) is 0 Å². The third-order valence-electron chi connectivity index (χ3n) is 8.86. The van der Waals surface area contributed by atoms with Gasteiger partial charge in [-0.05, 0) is 72.8 Å². The molecule has 11 heteroatoms. The number of rotatable bonds is 6. The molecule has 0 unspecified atom stereocenters. The van der Waals surface area contributed by atoms with E-state index in [1.807, 2.05) is 36.4 Å². The molecule has 10 nitrogen and oxygen atoms in total. The Hall–Kier alpha value is -6.81.